The number of hydrogen-bond donors (Lipinski definition) is 1. The number of likely N-dealkylation sites (tertiary alicyclic amines) is 1. The van der Waals surface area contributed by atoms with E-state index in [0.717, 1.165) is 8.47 Å². The molecule has 1 N–H and O–H groups in total. The monoisotopic (exact) mass is 487 g/mol. The number of ketones is 1. The molecule has 1 aliphatic rings. The van der Waals surface area contributed by atoms with E-state index in [1.807, 2.05) is 12.1 Å². The molecule has 3 rings (SSSR count). The normalized spacial score (nSPS) is 18.5. The van der Waals surface area contributed by atoms with Crippen LogP contribution in [-0.2, 0) is 9.59 Å². The lowest BCUT2D eigenvalue weighted by atomic mass is 10.1. The maximum absolute atomic E-state index is 13.6. The van der Waals surface area contributed by atoms with Gasteiger partial charge >= 0.3 is 0 Å². The van der Waals surface area contributed by atoms with Gasteiger partial charge in [-0.05, 0) is 47.7 Å². The highest BCUT2D eigenvalue weighted by Crippen LogP contribution is 2.32. The van der Waals surface area contributed by atoms with Crippen molar-refractivity contribution in [2.75, 3.05) is 13.1 Å². The van der Waals surface area contributed by atoms with Crippen LogP contribution in [-0.4, -0.2) is 52.5 Å². The number of hydrogen-bond acceptors (Lipinski definition) is 4. The molecule has 0 radical (unpaired) electrons. The number of alkyl halides is 2. The maximum Gasteiger partial charge on any atom is 0.267 e. The van der Waals surface area contributed by atoms with Crippen LogP contribution in [0.25, 0.3) is 10.9 Å². The number of amides is 2. The molecule has 2 amide bonds. The van der Waals surface area contributed by atoms with Gasteiger partial charge in [0.2, 0.25) is 5.91 Å². The Morgan fingerprint density at radius 1 is 1.33 bits per heavy atom. The lowest BCUT2D eigenvalue weighted by Crippen LogP contribution is -2.45. The van der Waals surface area contributed by atoms with Crippen molar-refractivity contribution in [3.63, 3.8) is 0 Å². The summed E-state index contributed by atoms with van der Waals surface area (Å²) in [5.41, 5.74) is 0.968. The average molecular weight is 487 g/mol. The van der Waals surface area contributed by atoms with Crippen LogP contribution in [0.1, 0.15) is 23.7 Å². The fraction of sp³-hybridized carbons (Fsp3) is 0.333. The molecule has 1 aromatic heterocycles. The standard InChI is InChI=1S/C18H16F2IN3O3/c1-10(25)15-7-18(19,20)9-24(15)16(26)8-23-17(27)13-4-5-22-14-6-11(21)2-3-12(13)14/h2-6,15H,7-9H2,1H3,(H,23,27). The van der Waals surface area contributed by atoms with E-state index in [4.69, 9.17) is 0 Å². The molecule has 27 heavy (non-hydrogen) atoms. The topological polar surface area (TPSA) is 79.4 Å². The number of rotatable bonds is 4. The molecular weight excluding hydrogens is 471 g/mol. The first kappa shape index (κ1) is 19.6. The molecule has 6 nitrogen and oxygen atoms in total. The largest absolute Gasteiger partial charge is 0.343 e. The smallest absolute Gasteiger partial charge is 0.267 e. The Morgan fingerprint density at radius 2 is 2.07 bits per heavy atom. The van der Waals surface area contributed by atoms with Gasteiger partial charge in [-0.2, -0.15) is 0 Å². The number of carbonyl (C=O) groups excluding carboxylic acids is 3. The fourth-order valence-corrected chi connectivity index (χ4v) is 3.59. The van der Waals surface area contributed by atoms with Gasteiger partial charge in [-0.15, -0.1) is 0 Å². The third-order valence-corrected chi connectivity index (χ3v) is 5.08. The Morgan fingerprint density at radius 3 is 2.78 bits per heavy atom. The van der Waals surface area contributed by atoms with Gasteiger partial charge in [0.15, 0.2) is 5.78 Å². The minimum atomic E-state index is -3.10. The van der Waals surface area contributed by atoms with E-state index in [0.29, 0.717) is 16.5 Å². The highest BCUT2D eigenvalue weighted by Gasteiger charge is 2.48. The minimum absolute atomic E-state index is 0.332. The van der Waals surface area contributed by atoms with E-state index in [1.54, 1.807) is 6.07 Å². The Balaban J connectivity index is 1.72. The second kappa shape index (κ2) is 7.45. The Bertz CT molecular complexity index is 935. The van der Waals surface area contributed by atoms with Crippen LogP contribution in [0.3, 0.4) is 0 Å². The van der Waals surface area contributed by atoms with Gasteiger partial charge in [0.05, 0.1) is 30.2 Å². The molecular formula is C18H16F2IN3O3. The molecule has 1 fully saturated rings. The second-order valence-corrected chi connectivity index (χ2v) is 7.66. The van der Waals surface area contributed by atoms with Crippen molar-refractivity contribution in [2.45, 2.75) is 25.3 Å². The summed E-state index contributed by atoms with van der Waals surface area (Å²) in [6.07, 6.45) is 0.803. The molecule has 0 bridgehead atoms. The van der Waals surface area contributed by atoms with Crippen LogP contribution in [0.15, 0.2) is 30.5 Å². The van der Waals surface area contributed by atoms with Crippen LogP contribution in [0.2, 0.25) is 0 Å². The number of nitrogens with one attached hydrogen (secondary N) is 1. The molecule has 1 atom stereocenters. The summed E-state index contributed by atoms with van der Waals surface area (Å²) < 4.78 is 28.2. The molecule has 0 aliphatic carbocycles. The molecule has 0 saturated carbocycles. The third kappa shape index (κ3) is 4.23. The van der Waals surface area contributed by atoms with Crippen molar-refractivity contribution in [2.24, 2.45) is 0 Å². The van der Waals surface area contributed by atoms with Crippen molar-refractivity contribution in [1.82, 2.24) is 15.2 Å². The summed E-state index contributed by atoms with van der Waals surface area (Å²) >= 11 is 2.13. The molecule has 2 heterocycles. The number of fused-ring (bicyclic) bond motifs is 1. The highest BCUT2D eigenvalue weighted by molar-refractivity contribution is 14.1. The van der Waals surface area contributed by atoms with E-state index < -0.39 is 49.1 Å². The highest BCUT2D eigenvalue weighted by atomic mass is 127. The van der Waals surface area contributed by atoms with Crippen LogP contribution in [0, 0.1) is 3.57 Å². The Hall–Kier alpha value is -2.17. The summed E-state index contributed by atoms with van der Waals surface area (Å²) in [7, 11) is 0. The van der Waals surface area contributed by atoms with Crippen molar-refractivity contribution >= 4 is 51.1 Å². The van der Waals surface area contributed by atoms with Crippen molar-refractivity contribution in [3.05, 3.63) is 39.6 Å². The van der Waals surface area contributed by atoms with Gasteiger partial charge in [-0.25, -0.2) is 8.78 Å². The molecule has 1 saturated heterocycles. The van der Waals surface area contributed by atoms with Crippen LogP contribution in [0.5, 0.6) is 0 Å². The summed E-state index contributed by atoms with van der Waals surface area (Å²) in [6, 6.07) is 5.77. The quantitative estimate of drug-likeness (QED) is 0.673. The molecule has 1 aromatic carbocycles. The number of benzene rings is 1. The Kier molecular flexibility index (Phi) is 5.41. The number of pyridine rings is 1. The van der Waals surface area contributed by atoms with Gasteiger partial charge in [-0.3, -0.25) is 19.4 Å². The predicted octanol–water partition coefficient (Wildman–Crippen LogP) is 2.39. The number of halogens is 3. The summed E-state index contributed by atoms with van der Waals surface area (Å²) in [5.74, 6) is -4.83. The van der Waals surface area contributed by atoms with E-state index in [-0.39, 0.29) is 0 Å². The van der Waals surface area contributed by atoms with Gasteiger partial charge in [0, 0.05) is 21.6 Å². The van der Waals surface area contributed by atoms with Gasteiger partial charge in [0.25, 0.3) is 11.8 Å². The van der Waals surface area contributed by atoms with E-state index >= 15 is 0 Å². The van der Waals surface area contributed by atoms with Gasteiger partial charge in [-0.1, -0.05) is 6.07 Å². The first-order valence-corrected chi connectivity index (χ1v) is 9.26. The molecule has 142 valence electrons. The van der Waals surface area contributed by atoms with Crippen molar-refractivity contribution < 1.29 is 23.2 Å². The summed E-state index contributed by atoms with van der Waals surface area (Å²) in [5, 5.41) is 3.08. The van der Waals surface area contributed by atoms with Gasteiger partial charge < -0.3 is 10.2 Å². The van der Waals surface area contributed by atoms with Crippen molar-refractivity contribution in [3.8, 4) is 0 Å². The zero-order valence-corrected chi connectivity index (χ0v) is 16.5. The van der Waals surface area contributed by atoms with Crippen molar-refractivity contribution in [1.29, 1.82) is 0 Å². The fourth-order valence-electron chi connectivity index (χ4n) is 3.11. The SMILES string of the molecule is CC(=O)C1CC(F)(F)CN1C(=O)CNC(=O)c1ccnc2cc(I)ccc12. The lowest BCUT2D eigenvalue weighted by molar-refractivity contribution is -0.136. The molecule has 1 aliphatic heterocycles. The number of carbonyl (C=O) groups is 3. The van der Waals surface area contributed by atoms with E-state index in [2.05, 4.69) is 32.9 Å². The molecule has 2 aromatic rings. The summed E-state index contributed by atoms with van der Waals surface area (Å²) in [4.78, 5) is 41.4. The molecule has 9 heteroatoms. The van der Waals surface area contributed by atoms with Crippen LogP contribution >= 0.6 is 22.6 Å². The van der Waals surface area contributed by atoms with Crippen LogP contribution in [0.4, 0.5) is 8.78 Å². The summed E-state index contributed by atoms with van der Waals surface area (Å²) in [6.45, 7) is -0.106. The number of aromatic nitrogens is 1. The second-order valence-electron chi connectivity index (χ2n) is 6.41. The molecule has 1 unspecified atom stereocenters. The molecule has 0 spiro atoms. The zero-order valence-electron chi connectivity index (χ0n) is 14.3. The first-order valence-electron chi connectivity index (χ1n) is 8.18. The number of Topliss-reactive ketones (excluding diaryl/α,β-unsaturated/α-hetero) is 1. The van der Waals surface area contributed by atoms with Crippen LogP contribution < -0.4 is 5.32 Å². The Labute approximate surface area is 167 Å². The van der Waals surface area contributed by atoms with Gasteiger partial charge in [0.1, 0.15) is 0 Å². The maximum atomic E-state index is 13.6. The zero-order chi connectivity index (χ0) is 19.8. The third-order valence-electron chi connectivity index (χ3n) is 4.41. The minimum Gasteiger partial charge on any atom is -0.343 e. The van der Waals surface area contributed by atoms with E-state index in [9.17, 15) is 23.2 Å². The number of nitrogens with zero attached hydrogens (tertiary/aromatic N) is 2. The average Bonchev–Trinajstić information content (AvgIpc) is 2.94. The first-order chi connectivity index (χ1) is 12.7. The van der Waals surface area contributed by atoms with E-state index in [1.165, 1.54) is 19.2 Å². The lowest BCUT2D eigenvalue weighted by Gasteiger charge is -2.22. The predicted molar refractivity (Wildman–Crippen MR) is 103 cm³/mol.